The number of benzene rings is 2. The van der Waals surface area contributed by atoms with Crippen LogP contribution in [-0.2, 0) is 29.3 Å². The van der Waals surface area contributed by atoms with E-state index in [2.05, 4.69) is 0 Å². The van der Waals surface area contributed by atoms with Crippen LogP contribution >= 0.6 is 0 Å². The molecule has 28 heavy (non-hydrogen) atoms. The predicted octanol–water partition coefficient (Wildman–Crippen LogP) is 5.00. The number of aryl methyl sites for hydroxylation is 1. The van der Waals surface area contributed by atoms with E-state index in [-0.39, 0.29) is 13.1 Å². The van der Waals surface area contributed by atoms with Crippen molar-refractivity contribution in [1.29, 1.82) is 0 Å². The largest absolute Gasteiger partial charge is 0.468 e. The maximum Gasteiger partial charge on any atom is 0.416 e. The molecule has 148 valence electrons. The Morgan fingerprint density at radius 2 is 1.71 bits per heavy atom. The summed E-state index contributed by atoms with van der Waals surface area (Å²) in [5.74, 6) is 0.392. The lowest BCUT2D eigenvalue weighted by molar-refractivity contribution is -0.137. The van der Waals surface area contributed by atoms with Gasteiger partial charge in [-0.2, -0.15) is 17.5 Å². The van der Waals surface area contributed by atoms with Crippen molar-refractivity contribution in [3.8, 4) is 0 Å². The van der Waals surface area contributed by atoms with Crippen LogP contribution in [0, 0.1) is 6.92 Å². The van der Waals surface area contributed by atoms with E-state index in [1.54, 1.807) is 24.3 Å². The molecule has 1 aromatic heterocycles. The summed E-state index contributed by atoms with van der Waals surface area (Å²) < 4.78 is 71.7. The molecule has 0 aliphatic heterocycles. The minimum atomic E-state index is -4.63. The highest BCUT2D eigenvalue weighted by molar-refractivity contribution is 7.89. The summed E-state index contributed by atoms with van der Waals surface area (Å²) in [5, 5.41) is 0. The zero-order chi connectivity index (χ0) is 20.4. The molecule has 0 atom stereocenters. The molecule has 0 aliphatic rings. The first-order valence-corrected chi connectivity index (χ1v) is 9.85. The van der Waals surface area contributed by atoms with Crippen molar-refractivity contribution in [2.24, 2.45) is 0 Å². The molecule has 8 heteroatoms. The lowest BCUT2D eigenvalue weighted by Crippen LogP contribution is -2.30. The van der Waals surface area contributed by atoms with E-state index in [9.17, 15) is 21.6 Å². The number of alkyl halides is 3. The molecule has 0 fully saturated rings. The standard InChI is InChI=1S/C20H18F3NO3S/c1-15-5-2-6-16(11-15)13-24(14-18-8-4-10-27-18)28(25,26)19-9-3-7-17(12-19)20(21,22)23/h2-12H,13-14H2,1H3. The molecule has 0 radical (unpaired) electrons. The molecule has 0 aliphatic carbocycles. The van der Waals surface area contributed by atoms with Crippen LogP contribution in [0.25, 0.3) is 0 Å². The summed E-state index contributed by atoms with van der Waals surface area (Å²) in [6.45, 7) is 1.78. The molecule has 0 N–H and O–H groups in total. The lowest BCUT2D eigenvalue weighted by Gasteiger charge is -2.22. The van der Waals surface area contributed by atoms with Crippen LogP contribution in [0.15, 0.2) is 76.2 Å². The number of halogens is 3. The number of sulfonamides is 1. The quantitative estimate of drug-likeness (QED) is 0.576. The maximum absolute atomic E-state index is 13.1. The molecular weight excluding hydrogens is 391 g/mol. The molecule has 3 rings (SSSR count). The van der Waals surface area contributed by atoms with E-state index < -0.39 is 26.7 Å². The van der Waals surface area contributed by atoms with Crippen LogP contribution in [-0.4, -0.2) is 12.7 Å². The molecule has 3 aromatic rings. The van der Waals surface area contributed by atoms with Crippen molar-refractivity contribution in [1.82, 2.24) is 4.31 Å². The Labute approximate surface area is 161 Å². The first kappa shape index (κ1) is 20.2. The van der Waals surface area contributed by atoms with Crippen LogP contribution in [0.4, 0.5) is 13.2 Å². The zero-order valence-corrected chi connectivity index (χ0v) is 15.8. The van der Waals surface area contributed by atoms with E-state index in [1.165, 1.54) is 6.26 Å². The van der Waals surface area contributed by atoms with Crippen LogP contribution < -0.4 is 0 Å². The van der Waals surface area contributed by atoms with E-state index in [0.29, 0.717) is 11.8 Å². The molecular formula is C20H18F3NO3S. The monoisotopic (exact) mass is 409 g/mol. The minimum Gasteiger partial charge on any atom is -0.468 e. The summed E-state index contributed by atoms with van der Waals surface area (Å²) in [7, 11) is -4.20. The smallest absolute Gasteiger partial charge is 0.416 e. The third-order valence-electron chi connectivity index (χ3n) is 4.15. The van der Waals surface area contributed by atoms with E-state index in [0.717, 1.165) is 33.6 Å². The van der Waals surface area contributed by atoms with Gasteiger partial charge in [-0.05, 0) is 42.8 Å². The first-order valence-electron chi connectivity index (χ1n) is 8.41. The number of furan rings is 1. The molecule has 0 spiro atoms. The highest BCUT2D eigenvalue weighted by atomic mass is 32.2. The van der Waals surface area contributed by atoms with Gasteiger partial charge in [0.1, 0.15) is 5.76 Å². The van der Waals surface area contributed by atoms with Crippen LogP contribution in [0.2, 0.25) is 0 Å². The summed E-state index contributed by atoms with van der Waals surface area (Å²) in [6, 6.07) is 14.3. The number of hydrogen-bond acceptors (Lipinski definition) is 3. The first-order chi connectivity index (χ1) is 13.2. The fourth-order valence-electron chi connectivity index (χ4n) is 2.80. The van der Waals surface area contributed by atoms with Crippen LogP contribution in [0.5, 0.6) is 0 Å². The summed E-state index contributed by atoms with van der Waals surface area (Å²) >= 11 is 0. The highest BCUT2D eigenvalue weighted by Gasteiger charge is 2.33. The Balaban J connectivity index is 2.00. The third kappa shape index (κ3) is 4.63. The summed E-state index contributed by atoms with van der Waals surface area (Å²) in [4.78, 5) is -0.415. The molecule has 0 saturated heterocycles. The molecule has 0 unspecified atom stereocenters. The number of rotatable bonds is 6. The van der Waals surface area contributed by atoms with Gasteiger partial charge < -0.3 is 4.42 Å². The fraction of sp³-hybridized carbons (Fsp3) is 0.200. The lowest BCUT2D eigenvalue weighted by atomic mass is 10.1. The van der Waals surface area contributed by atoms with Gasteiger partial charge in [0.2, 0.25) is 10.0 Å². The molecule has 0 saturated carbocycles. The number of hydrogen-bond donors (Lipinski definition) is 0. The minimum absolute atomic E-state index is 0.000951. The summed E-state index contributed by atoms with van der Waals surface area (Å²) in [6.07, 6.45) is -3.22. The van der Waals surface area contributed by atoms with Gasteiger partial charge in [0.05, 0.1) is 23.3 Å². The topological polar surface area (TPSA) is 50.5 Å². The van der Waals surface area contributed by atoms with Crippen LogP contribution in [0.3, 0.4) is 0 Å². The summed E-state index contributed by atoms with van der Waals surface area (Å²) in [5.41, 5.74) is 0.663. The van der Waals surface area contributed by atoms with E-state index in [1.807, 2.05) is 19.1 Å². The van der Waals surface area contributed by atoms with Gasteiger partial charge in [-0.3, -0.25) is 0 Å². The molecule has 0 bridgehead atoms. The molecule has 2 aromatic carbocycles. The van der Waals surface area contributed by atoms with Crippen molar-refractivity contribution in [3.05, 3.63) is 89.4 Å². The SMILES string of the molecule is Cc1cccc(CN(Cc2ccco2)S(=O)(=O)c2cccc(C(F)(F)F)c2)c1. The van der Waals surface area contributed by atoms with E-state index in [4.69, 9.17) is 4.42 Å². The second-order valence-corrected chi connectivity index (χ2v) is 8.31. The van der Waals surface area contributed by atoms with Gasteiger partial charge in [-0.15, -0.1) is 0 Å². The molecule has 4 nitrogen and oxygen atoms in total. The Morgan fingerprint density at radius 1 is 0.964 bits per heavy atom. The fourth-order valence-corrected chi connectivity index (χ4v) is 4.24. The van der Waals surface area contributed by atoms with Gasteiger partial charge in [0, 0.05) is 6.54 Å². The van der Waals surface area contributed by atoms with Gasteiger partial charge >= 0.3 is 6.18 Å². The van der Waals surface area contributed by atoms with Crippen molar-refractivity contribution < 1.29 is 26.0 Å². The average molecular weight is 409 g/mol. The Bertz CT molecular complexity index is 1040. The average Bonchev–Trinajstić information content (AvgIpc) is 3.14. The van der Waals surface area contributed by atoms with Crippen molar-refractivity contribution in [2.45, 2.75) is 31.1 Å². The van der Waals surface area contributed by atoms with Gasteiger partial charge in [-0.1, -0.05) is 35.9 Å². The zero-order valence-electron chi connectivity index (χ0n) is 15.0. The third-order valence-corrected chi connectivity index (χ3v) is 5.94. The van der Waals surface area contributed by atoms with Gasteiger partial charge in [0.25, 0.3) is 0 Å². The second kappa shape index (κ2) is 7.81. The van der Waals surface area contributed by atoms with Crippen molar-refractivity contribution >= 4 is 10.0 Å². The maximum atomic E-state index is 13.1. The Morgan fingerprint density at radius 3 is 2.36 bits per heavy atom. The van der Waals surface area contributed by atoms with Crippen molar-refractivity contribution in [3.63, 3.8) is 0 Å². The highest BCUT2D eigenvalue weighted by Crippen LogP contribution is 2.31. The van der Waals surface area contributed by atoms with Gasteiger partial charge in [0.15, 0.2) is 0 Å². The second-order valence-electron chi connectivity index (χ2n) is 6.37. The Hall–Kier alpha value is -2.58. The predicted molar refractivity (Wildman–Crippen MR) is 97.8 cm³/mol. The van der Waals surface area contributed by atoms with Crippen molar-refractivity contribution in [2.75, 3.05) is 0 Å². The normalized spacial score (nSPS) is 12.5. The molecule has 0 amide bonds. The molecule has 1 heterocycles. The van der Waals surface area contributed by atoms with Gasteiger partial charge in [-0.25, -0.2) is 8.42 Å². The van der Waals surface area contributed by atoms with Crippen LogP contribution in [0.1, 0.15) is 22.5 Å². The van der Waals surface area contributed by atoms with E-state index >= 15 is 0 Å². The number of nitrogens with zero attached hydrogens (tertiary/aromatic N) is 1. The Kier molecular flexibility index (Phi) is 5.62.